The number of benzene rings is 1. The summed E-state index contributed by atoms with van der Waals surface area (Å²) in [6.45, 7) is 0.550. The van der Waals surface area contributed by atoms with Crippen LogP contribution in [0.5, 0.6) is 0 Å². The van der Waals surface area contributed by atoms with Crippen molar-refractivity contribution in [1.82, 2.24) is 0 Å². The van der Waals surface area contributed by atoms with Crippen LogP contribution in [0.4, 0.5) is 11.4 Å². The first-order chi connectivity index (χ1) is 8.02. The second kappa shape index (κ2) is 6.24. The molecule has 0 aliphatic heterocycles. The van der Waals surface area contributed by atoms with Crippen molar-refractivity contribution in [2.75, 3.05) is 29.6 Å². The molecule has 0 aromatic heterocycles. The predicted molar refractivity (Wildman–Crippen MR) is 69.9 cm³/mol. The molecule has 1 atom stereocenters. The van der Waals surface area contributed by atoms with E-state index in [1.54, 1.807) is 18.4 Å². The second-order valence-corrected chi connectivity index (χ2v) is 5.19. The maximum Gasteiger partial charge on any atom is 0.337 e. The quantitative estimate of drug-likeness (QED) is 0.524. The van der Waals surface area contributed by atoms with E-state index in [9.17, 15) is 9.00 Å². The zero-order chi connectivity index (χ0) is 12.8. The minimum absolute atomic E-state index is 0.155. The molecule has 0 saturated carbocycles. The summed E-state index contributed by atoms with van der Waals surface area (Å²) in [5, 5.41) is 12.0. The van der Waals surface area contributed by atoms with Crippen LogP contribution >= 0.6 is 0 Å². The van der Waals surface area contributed by atoms with Gasteiger partial charge < -0.3 is 16.2 Å². The molecular formula is C11H16N2O3S. The van der Waals surface area contributed by atoms with Gasteiger partial charge in [-0.05, 0) is 18.6 Å². The minimum atomic E-state index is -1.01. The van der Waals surface area contributed by atoms with E-state index in [1.807, 2.05) is 0 Å². The van der Waals surface area contributed by atoms with Crippen molar-refractivity contribution in [3.8, 4) is 0 Å². The van der Waals surface area contributed by atoms with E-state index in [4.69, 9.17) is 10.8 Å². The summed E-state index contributed by atoms with van der Waals surface area (Å²) in [6, 6.07) is 4.75. The molecular weight excluding hydrogens is 240 g/mol. The molecule has 0 heterocycles. The topological polar surface area (TPSA) is 92.4 Å². The first kappa shape index (κ1) is 13.5. The average molecular weight is 256 g/mol. The molecule has 0 amide bonds. The molecule has 0 spiro atoms. The molecule has 1 unspecified atom stereocenters. The van der Waals surface area contributed by atoms with E-state index in [1.165, 1.54) is 6.07 Å². The number of anilines is 2. The number of rotatable bonds is 6. The van der Waals surface area contributed by atoms with Gasteiger partial charge in [-0.1, -0.05) is 6.07 Å². The van der Waals surface area contributed by atoms with Gasteiger partial charge in [0.05, 0.1) is 16.9 Å². The molecule has 1 aromatic carbocycles. The zero-order valence-corrected chi connectivity index (χ0v) is 10.4. The Bertz CT molecular complexity index is 435. The lowest BCUT2D eigenvalue weighted by Crippen LogP contribution is -2.11. The molecule has 0 radical (unpaired) electrons. The smallest absolute Gasteiger partial charge is 0.337 e. The number of carboxylic acid groups (broad SMARTS) is 1. The Balaban J connectivity index is 2.69. The lowest BCUT2D eigenvalue weighted by Gasteiger charge is -2.11. The van der Waals surface area contributed by atoms with Gasteiger partial charge in [-0.25, -0.2) is 4.79 Å². The maximum atomic E-state index is 11.0. The van der Waals surface area contributed by atoms with Crippen LogP contribution in [-0.2, 0) is 10.8 Å². The van der Waals surface area contributed by atoms with Crippen LogP contribution in [0.1, 0.15) is 16.8 Å². The Morgan fingerprint density at radius 2 is 2.24 bits per heavy atom. The molecule has 1 aromatic rings. The molecule has 0 saturated heterocycles. The van der Waals surface area contributed by atoms with Gasteiger partial charge in [-0.3, -0.25) is 4.21 Å². The Morgan fingerprint density at radius 1 is 1.53 bits per heavy atom. The van der Waals surface area contributed by atoms with Crippen molar-refractivity contribution in [2.24, 2.45) is 0 Å². The molecule has 5 nitrogen and oxygen atoms in total. The number of carboxylic acids is 1. The highest BCUT2D eigenvalue weighted by atomic mass is 32.2. The molecule has 6 heteroatoms. The van der Waals surface area contributed by atoms with Crippen LogP contribution in [0.2, 0.25) is 0 Å². The fourth-order valence-electron chi connectivity index (χ4n) is 1.43. The van der Waals surface area contributed by atoms with E-state index >= 15 is 0 Å². The minimum Gasteiger partial charge on any atom is -0.478 e. The average Bonchev–Trinajstić information content (AvgIpc) is 2.25. The number of nitrogens with one attached hydrogen (secondary N) is 1. The van der Waals surface area contributed by atoms with Gasteiger partial charge in [-0.15, -0.1) is 0 Å². The summed E-state index contributed by atoms with van der Waals surface area (Å²) in [5.41, 5.74) is 6.71. The van der Waals surface area contributed by atoms with Crippen LogP contribution in [0.3, 0.4) is 0 Å². The number of para-hydroxylation sites is 1. The van der Waals surface area contributed by atoms with Crippen molar-refractivity contribution in [3.05, 3.63) is 23.8 Å². The van der Waals surface area contributed by atoms with Crippen LogP contribution < -0.4 is 11.1 Å². The molecule has 0 bridgehead atoms. The Labute approximate surface area is 102 Å². The third kappa shape index (κ3) is 4.07. The fourth-order valence-corrected chi connectivity index (χ4v) is 1.99. The van der Waals surface area contributed by atoms with E-state index in [2.05, 4.69) is 5.32 Å². The van der Waals surface area contributed by atoms with Crippen LogP contribution in [0, 0.1) is 0 Å². The van der Waals surface area contributed by atoms with Gasteiger partial charge in [0.25, 0.3) is 0 Å². The largest absolute Gasteiger partial charge is 0.478 e. The summed E-state index contributed by atoms with van der Waals surface area (Å²) in [4.78, 5) is 11.0. The van der Waals surface area contributed by atoms with Gasteiger partial charge >= 0.3 is 5.97 Å². The number of hydrogen-bond donors (Lipinski definition) is 3. The molecule has 0 aliphatic carbocycles. The monoisotopic (exact) mass is 256 g/mol. The summed E-state index contributed by atoms with van der Waals surface area (Å²) < 4.78 is 10.9. The molecule has 0 fully saturated rings. The van der Waals surface area contributed by atoms with Crippen LogP contribution in [0.25, 0.3) is 0 Å². The Morgan fingerprint density at radius 3 is 2.82 bits per heavy atom. The maximum absolute atomic E-state index is 11.0. The van der Waals surface area contributed by atoms with Gasteiger partial charge in [0.1, 0.15) is 0 Å². The van der Waals surface area contributed by atoms with Gasteiger partial charge in [0, 0.05) is 29.4 Å². The summed E-state index contributed by atoms with van der Waals surface area (Å²) in [7, 11) is -0.831. The predicted octanol–water partition coefficient (Wildman–Crippen LogP) is 1.15. The first-order valence-electron chi connectivity index (χ1n) is 5.18. The standard InChI is InChI=1S/C11H16N2O3S/c1-17(16)7-3-6-13-10-8(11(14)15)4-2-5-9(10)12/h2,4-5,13H,3,6-7,12H2,1H3,(H,14,15). The lowest BCUT2D eigenvalue weighted by molar-refractivity contribution is 0.0698. The van der Waals surface area contributed by atoms with Gasteiger partial charge in [-0.2, -0.15) is 0 Å². The number of nitrogen functional groups attached to an aromatic ring is 1. The van der Waals surface area contributed by atoms with Crippen LogP contribution in [-0.4, -0.2) is 33.8 Å². The summed E-state index contributed by atoms with van der Waals surface area (Å²) >= 11 is 0. The molecule has 0 aliphatic rings. The van der Waals surface area contributed by atoms with Crippen molar-refractivity contribution < 1.29 is 14.1 Å². The fraction of sp³-hybridized carbons (Fsp3) is 0.364. The van der Waals surface area contributed by atoms with E-state index < -0.39 is 16.8 Å². The molecule has 4 N–H and O–H groups in total. The Kier molecular flexibility index (Phi) is 4.96. The number of hydrogen-bond acceptors (Lipinski definition) is 4. The summed E-state index contributed by atoms with van der Waals surface area (Å²) in [5.74, 6) is -0.429. The SMILES string of the molecule is CS(=O)CCCNc1c(N)cccc1C(=O)O. The van der Waals surface area contributed by atoms with Gasteiger partial charge in [0.15, 0.2) is 0 Å². The van der Waals surface area contributed by atoms with Crippen molar-refractivity contribution in [2.45, 2.75) is 6.42 Å². The Hall–Kier alpha value is -1.56. The molecule has 17 heavy (non-hydrogen) atoms. The van der Waals surface area contributed by atoms with E-state index in [-0.39, 0.29) is 5.56 Å². The van der Waals surface area contributed by atoms with Gasteiger partial charge in [0.2, 0.25) is 0 Å². The first-order valence-corrected chi connectivity index (χ1v) is 6.90. The zero-order valence-electron chi connectivity index (χ0n) is 9.60. The van der Waals surface area contributed by atoms with E-state index in [0.29, 0.717) is 30.1 Å². The highest BCUT2D eigenvalue weighted by Crippen LogP contribution is 2.23. The normalized spacial score (nSPS) is 12.1. The number of nitrogens with two attached hydrogens (primary N) is 1. The highest BCUT2D eigenvalue weighted by Gasteiger charge is 2.11. The molecule has 94 valence electrons. The number of carbonyl (C=O) groups is 1. The third-order valence-corrected chi connectivity index (χ3v) is 3.10. The van der Waals surface area contributed by atoms with E-state index in [0.717, 1.165) is 0 Å². The van der Waals surface area contributed by atoms with Crippen molar-refractivity contribution in [1.29, 1.82) is 0 Å². The number of aromatic carboxylic acids is 1. The third-order valence-electron chi connectivity index (χ3n) is 2.24. The van der Waals surface area contributed by atoms with Crippen molar-refractivity contribution >= 4 is 28.1 Å². The van der Waals surface area contributed by atoms with Crippen LogP contribution in [0.15, 0.2) is 18.2 Å². The lowest BCUT2D eigenvalue weighted by atomic mass is 10.1. The molecule has 1 rings (SSSR count). The summed E-state index contributed by atoms with van der Waals surface area (Å²) in [6.07, 6.45) is 2.34. The highest BCUT2D eigenvalue weighted by molar-refractivity contribution is 7.84. The van der Waals surface area contributed by atoms with Crippen molar-refractivity contribution in [3.63, 3.8) is 0 Å². The second-order valence-electron chi connectivity index (χ2n) is 3.63.